The highest BCUT2D eigenvalue weighted by Crippen LogP contribution is 2.61. The van der Waals surface area contributed by atoms with E-state index in [4.69, 9.17) is 0 Å². The fourth-order valence-electron chi connectivity index (χ4n) is 7.56. The minimum atomic E-state index is -3.51. The monoisotopic (exact) mass is 426 g/mol. The third-order valence-corrected chi connectivity index (χ3v) is 10.3. The van der Waals surface area contributed by atoms with Crippen LogP contribution in [0, 0.1) is 17.8 Å². The predicted molar refractivity (Wildman–Crippen MR) is 116 cm³/mol. The van der Waals surface area contributed by atoms with Gasteiger partial charge in [0.25, 0.3) is 0 Å². The van der Waals surface area contributed by atoms with Crippen molar-refractivity contribution in [1.82, 2.24) is 9.29 Å². The molecular weight excluding hydrogens is 396 g/mol. The van der Waals surface area contributed by atoms with E-state index in [9.17, 15) is 13.2 Å². The molecule has 160 valence electrons. The smallest absolute Gasteiger partial charge is 0.243 e. The summed E-state index contributed by atoms with van der Waals surface area (Å²) in [6, 6.07) is 5.31. The van der Waals surface area contributed by atoms with Gasteiger partial charge >= 0.3 is 0 Å². The molecule has 7 rings (SSSR count). The van der Waals surface area contributed by atoms with E-state index in [-0.39, 0.29) is 5.41 Å². The third kappa shape index (κ3) is 2.76. The molecule has 4 aliphatic carbocycles. The molecule has 1 N–H and O–H groups in total. The van der Waals surface area contributed by atoms with Crippen LogP contribution in [0.15, 0.2) is 23.1 Å². The molecule has 2 heterocycles. The van der Waals surface area contributed by atoms with Gasteiger partial charge in [-0.3, -0.25) is 4.79 Å². The number of carbonyl (C=O) groups excluding carboxylic acids is 1. The Kier molecular flexibility index (Phi) is 4.24. The second kappa shape index (κ2) is 6.67. The zero-order valence-electron chi connectivity index (χ0n) is 17.4. The number of aromatic nitrogens is 1. The Labute approximate surface area is 178 Å². The first-order chi connectivity index (χ1) is 14.5. The van der Waals surface area contributed by atoms with Crippen LogP contribution in [0.5, 0.6) is 0 Å². The highest BCUT2D eigenvalue weighted by atomic mass is 32.2. The Bertz CT molecular complexity index is 1080. The number of piperidine rings is 1. The summed E-state index contributed by atoms with van der Waals surface area (Å²) in [6.07, 6.45) is 11.5. The largest absolute Gasteiger partial charge is 0.357 e. The quantitative estimate of drug-likeness (QED) is 0.725. The normalized spacial score (nSPS) is 33.9. The number of hydrogen-bond acceptors (Lipinski definition) is 3. The zero-order chi connectivity index (χ0) is 20.5. The van der Waals surface area contributed by atoms with Crippen molar-refractivity contribution in [3.05, 3.63) is 29.5 Å². The van der Waals surface area contributed by atoms with Crippen molar-refractivity contribution in [3.63, 3.8) is 0 Å². The van der Waals surface area contributed by atoms with Crippen LogP contribution in [0.4, 0.5) is 0 Å². The van der Waals surface area contributed by atoms with Crippen LogP contribution in [-0.2, 0) is 15.4 Å². The van der Waals surface area contributed by atoms with E-state index in [1.807, 2.05) is 6.07 Å². The Morgan fingerprint density at radius 2 is 1.60 bits per heavy atom. The molecule has 0 radical (unpaired) electrons. The summed E-state index contributed by atoms with van der Waals surface area (Å²) in [7, 11) is -3.51. The summed E-state index contributed by atoms with van der Waals surface area (Å²) in [5.41, 5.74) is 2.75. The number of aromatic amines is 1. The molecule has 2 aromatic rings. The molecule has 5 nitrogen and oxygen atoms in total. The number of carbonyl (C=O) groups is 1. The highest BCUT2D eigenvalue weighted by Gasteiger charge is 2.53. The van der Waals surface area contributed by atoms with Crippen LogP contribution in [0.3, 0.4) is 0 Å². The number of benzene rings is 1. The van der Waals surface area contributed by atoms with E-state index < -0.39 is 10.0 Å². The number of H-pyrrole nitrogens is 1. The number of rotatable bonds is 4. The molecular formula is C24H30N2O3S. The minimum absolute atomic E-state index is 0.0793. The lowest BCUT2D eigenvalue weighted by Crippen LogP contribution is -2.49. The van der Waals surface area contributed by atoms with Gasteiger partial charge < -0.3 is 4.98 Å². The molecule has 4 bridgehead atoms. The second-order valence-corrected chi connectivity index (χ2v) is 12.3. The van der Waals surface area contributed by atoms with Crippen LogP contribution in [-0.4, -0.2) is 37.1 Å². The van der Waals surface area contributed by atoms with Crippen molar-refractivity contribution in [3.8, 4) is 0 Å². The molecule has 0 amide bonds. The molecule has 5 fully saturated rings. The van der Waals surface area contributed by atoms with Crippen molar-refractivity contribution >= 4 is 27.2 Å². The van der Waals surface area contributed by atoms with Crippen molar-refractivity contribution < 1.29 is 13.2 Å². The predicted octanol–water partition coefficient (Wildman–Crippen LogP) is 4.62. The van der Waals surface area contributed by atoms with Crippen molar-refractivity contribution in [1.29, 1.82) is 0 Å². The summed E-state index contributed by atoms with van der Waals surface area (Å²) in [5.74, 6) is 2.37. The maximum atomic E-state index is 13.2. The molecule has 1 aromatic carbocycles. The van der Waals surface area contributed by atoms with E-state index in [2.05, 4.69) is 4.98 Å². The standard InChI is InChI=1S/C24H30N2O3S/c27-15-21-20-11-19(30(28,29)26-6-2-1-3-7-26)4-5-22(20)25-23(21)24-12-16-8-17(13-24)10-18(9-16)14-24/h4-5,11,15-18,25H,1-3,6-10,12-14H2. The summed E-state index contributed by atoms with van der Waals surface area (Å²) in [5, 5.41) is 0.772. The molecule has 30 heavy (non-hydrogen) atoms. The van der Waals surface area contributed by atoms with Gasteiger partial charge in [-0.2, -0.15) is 4.31 Å². The van der Waals surface area contributed by atoms with Crippen LogP contribution in [0.2, 0.25) is 0 Å². The molecule has 0 spiro atoms. The molecule has 4 saturated carbocycles. The summed E-state index contributed by atoms with van der Waals surface area (Å²) < 4.78 is 28.0. The minimum Gasteiger partial charge on any atom is -0.357 e. The molecule has 1 saturated heterocycles. The molecule has 0 atom stereocenters. The zero-order valence-corrected chi connectivity index (χ0v) is 18.2. The van der Waals surface area contributed by atoms with Gasteiger partial charge in [0.15, 0.2) is 6.29 Å². The summed E-state index contributed by atoms with van der Waals surface area (Å²) in [4.78, 5) is 16.2. The van der Waals surface area contributed by atoms with Crippen LogP contribution in [0.1, 0.15) is 73.8 Å². The number of nitrogens with zero attached hydrogens (tertiary/aromatic N) is 1. The highest BCUT2D eigenvalue weighted by molar-refractivity contribution is 7.89. The lowest BCUT2D eigenvalue weighted by atomic mass is 9.48. The van der Waals surface area contributed by atoms with E-state index in [1.165, 1.54) is 38.5 Å². The van der Waals surface area contributed by atoms with Gasteiger partial charge in [-0.15, -0.1) is 0 Å². The van der Waals surface area contributed by atoms with Crippen LogP contribution in [0.25, 0.3) is 10.9 Å². The average molecular weight is 427 g/mol. The second-order valence-electron chi connectivity index (χ2n) is 10.4. The SMILES string of the molecule is O=Cc1c(C23CC4CC(CC(C4)C2)C3)[nH]c2ccc(S(=O)(=O)N3CCCCC3)cc12. The van der Waals surface area contributed by atoms with Crippen LogP contribution >= 0.6 is 0 Å². The van der Waals surface area contributed by atoms with Gasteiger partial charge in [0.1, 0.15) is 0 Å². The number of hydrogen-bond donors (Lipinski definition) is 1. The van der Waals surface area contributed by atoms with E-state index >= 15 is 0 Å². The molecule has 5 aliphatic rings. The molecule has 1 aliphatic heterocycles. The Morgan fingerprint density at radius 3 is 2.20 bits per heavy atom. The van der Waals surface area contributed by atoms with Crippen molar-refractivity contribution in [2.24, 2.45) is 17.8 Å². The maximum absolute atomic E-state index is 13.2. The van der Waals surface area contributed by atoms with Crippen LogP contribution < -0.4 is 0 Å². The fraction of sp³-hybridized carbons (Fsp3) is 0.625. The number of sulfonamides is 1. The topological polar surface area (TPSA) is 70.2 Å². The van der Waals surface area contributed by atoms with E-state index in [0.29, 0.717) is 23.5 Å². The van der Waals surface area contributed by atoms with Crippen molar-refractivity contribution in [2.75, 3.05) is 13.1 Å². The Balaban J connectivity index is 1.44. The molecule has 1 aromatic heterocycles. The van der Waals surface area contributed by atoms with E-state index in [1.54, 1.807) is 16.4 Å². The Hall–Kier alpha value is -1.66. The van der Waals surface area contributed by atoms with Gasteiger partial charge in [0.2, 0.25) is 10.0 Å². The fourth-order valence-corrected chi connectivity index (χ4v) is 9.11. The first kappa shape index (κ1) is 19.1. The lowest BCUT2D eigenvalue weighted by Gasteiger charge is -2.56. The first-order valence-electron chi connectivity index (χ1n) is 11.6. The van der Waals surface area contributed by atoms with Gasteiger partial charge in [-0.25, -0.2) is 8.42 Å². The van der Waals surface area contributed by atoms with E-state index in [0.717, 1.165) is 59.9 Å². The maximum Gasteiger partial charge on any atom is 0.243 e. The molecule has 6 heteroatoms. The van der Waals surface area contributed by atoms with Gasteiger partial charge in [0, 0.05) is 40.7 Å². The number of aldehydes is 1. The third-order valence-electron chi connectivity index (χ3n) is 8.45. The first-order valence-corrected chi connectivity index (χ1v) is 13.0. The average Bonchev–Trinajstić information content (AvgIpc) is 3.12. The summed E-state index contributed by atoms with van der Waals surface area (Å²) >= 11 is 0. The Morgan fingerprint density at radius 1 is 0.967 bits per heavy atom. The lowest BCUT2D eigenvalue weighted by molar-refractivity contribution is -0.00710. The van der Waals surface area contributed by atoms with Gasteiger partial charge in [0.05, 0.1) is 4.90 Å². The number of fused-ring (bicyclic) bond motifs is 1. The van der Waals surface area contributed by atoms with Gasteiger partial charge in [-0.1, -0.05) is 6.42 Å². The van der Waals surface area contributed by atoms with Crippen molar-refractivity contribution in [2.45, 2.75) is 68.1 Å². The molecule has 0 unspecified atom stereocenters. The summed E-state index contributed by atoms with van der Waals surface area (Å²) in [6.45, 7) is 1.18. The number of nitrogens with one attached hydrogen (secondary N) is 1. The van der Waals surface area contributed by atoms with Gasteiger partial charge in [-0.05, 0) is 87.3 Å².